The first kappa shape index (κ1) is 13.3. The Balaban J connectivity index is 2.40. The summed E-state index contributed by atoms with van der Waals surface area (Å²) >= 11 is 0. The number of rotatable bonds is 2. The number of nitrogens with zero attached hydrogens (tertiary/aromatic N) is 2. The van der Waals surface area contributed by atoms with Crippen molar-refractivity contribution in [2.75, 3.05) is 26.2 Å². The van der Waals surface area contributed by atoms with Crippen molar-refractivity contribution in [3.05, 3.63) is 39.4 Å². The third-order valence-corrected chi connectivity index (χ3v) is 2.89. The second-order valence-corrected chi connectivity index (χ2v) is 4.05. The van der Waals surface area contributed by atoms with E-state index in [-0.39, 0.29) is 0 Å². The van der Waals surface area contributed by atoms with Gasteiger partial charge in [-0.3, -0.25) is 14.9 Å². The number of hydrogen-bond donors (Lipinski definition) is 1. The van der Waals surface area contributed by atoms with Gasteiger partial charge >= 0.3 is 5.69 Å². The van der Waals surface area contributed by atoms with Crippen LogP contribution in [0.15, 0.2) is 12.1 Å². The first-order valence-corrected chi connectivity index (χ1v) is 5.64. The van der Waals surface area contributed by atoms with Gasteiger partial charge in [-0.05, 0) is 6.07 Å². The van der Waals surface area contributed by atoms with E-state index >= 15 is 0 Å². The number of carbonyl (C=O) groups is 1. The van der Waals surface area contributed by atoms with Crippen LogP contribution in [0.4, 0.5) is 14.5 Å². The van der Waals surface area contributed by atoms with Crippen molar-refractivity contribution in [3.8, 4) is 0 Å². The highest BCUT2D eigenvalue weighted by molar-refractivity contribution is 5.95. The summed E-state index contributed by atoms with van der Waals surface area (Å²) in [7, 11) is 0. The molecule has 0 aliphatic carbocycles. The van der Waals surface area contributed by atoms with Gasteiger partial charge in [-0.1, -0.05) is 0 Å². The van der Waals surface area contributed by atoms with Crippen molar-refractivity contribution in [1.82, 2.24) is 10.2 Å². The first-order chi connectivity index (χ1) is 9.02. The highest BCUT2D eigenvalue weighted by Gasteiger charge is 2.29. The van der Waals surface area contributed by atoms with E-state index in [0.29, 0.717) is 32.2 Å². The molecule has 0 spiro atoms. The smallest absolute Gasteiger partial charge is 0.305 e. The fourth-order valence-electron chi connectivity index (χ4n) is 1.90. The van der Waals surface area contributed by atoms with Gasteiger partial charge in [-0.15, -0.1) is 0 Å². The average Bonchev–Trinajstić information content (AvgIpc) is 2.39. The van der Waals surface area contributed by atoms with E-state index in [9.17, 15) is 23.7 Å². The van der Waals surface area contributed by atoms with Crippen LogP contribution in [0.25, 0.3) is 0 Å². The molecule has 1 N–H and O–H groups in total. The fourth-order valence-corrected chi connectivity index (χ4v) is 1.90. The first-order valence-electron chi connectivity index (χ1n) is 5.64. The molecule has 0 bridgehead atoms. The second-order valence-electron chi connectivity index (χ2n) is 4.05. The lowest BCUT2D eigenvalue weighted by molar-refractivity contribution is -0.387. The van der Waals surface area contributed by atoms with Gasteiger partial charge in [0.2, 0.25) is 5.82 Å². The van der Waals surface area contributed by atoms with E-state index in [1.54, 1.807) is 0 Å². The van der Waals surface area contributed by atoms with E-state index in [1.165, 1.54) is 4.90 Å². The molecular formula is C11H11F2N3O3. The Morgan fingerprint density at radius 1 is 1.32 bits per heavy atom. The average molecular weight is 271 g/mol. The van der Waals surface area contributed by atoms with Crippen molar-refractivity contribution in [3.63, 3.8) is 0 Å². The van der Waals surface area contributed by atoms with Crippen molar-refractivity contribution in [2.45, 2.75) is 0 Å². The summed E-state index contributed by atoms with van der Waals surface area (Å²) in [6.07, 6.45) is 0. The molecule has 1 aliphatic rings. The zero-order chi connectivity index (χ0) is 14.0. The van der Waals surface area contributed by atoms with Crippen LogP contribution in [-0.2, 0) is 0 Å². The molecular weight excluding hydrogens is 260 g/mol. The normalized spacial score (nSPS) is 15.4. The van der Waals surface area contributed by atoms with Gasteiger partial charge in [0.15, 0.2) is 0 Å². The van der Waals surface area contributed by atoms with Crippen LogP contribution in [0.5, 0.6) is 0 Å². The Bertz CT molecular complexity index is 530. The summed E-state index contributed by atoms with van der Waals surface area (Å²) in [5.41, 5.74) is -1.77. The Hall–Kier alpha value is -2.09. The Morgan fingerprint density at radius 3 is 2.53 bits per heavy atom. The molecule has 8 heteroatoms. The predicted molar refractivity (Wildman–Crippen MR) is 61.8 cm³/mol. The minimum Gasteiger partial charge on any atom is -0.336 e. The summed E-state index contributed by atoms with van der Waals surface area (Å²) in [5, 5.41) is 13.6. The van der Waals surface area contributed by atoms with Crippen molar-refractivity contribution in [2.24, 2.45) is 0 Å². The molecule has 0 saturated carbocycles. The van der Waals surface area contributed by atoms with Crippen molar-refractivity contribution >= 4 is 11.6 Å². The number of amides is 1. The van der Waals surface area contributed by atoms with Gasteiger partial charge in [0.05, 0.1) is 4.92 Å². The van der Waals surface area contributed by atoms with Gasteiger partial charge in [-0.25, -0.2) is 4.39 Å². The predicted octanol–water partition coefficient (Wildman–Crippen LogP) is 0.918. The summed E-state index contributed by atoms with van der Waals surface area (Å²) in [5.74, 6) is -3.37. The van der Waals surface area contributed by atoms with E-state index in [2.05, 4.69) is 5.32 Å². The maximum atomic E-state index is 13.8. The molecule has 0 aromatic heterocycles. The SMILES string of the molecule is O=C(c1c(F)ccc([N+](=O)[O-])c1F)N1CCNCC1. The summed E-state index contributed by atoms with van der Waals surface area (Å²) in [6, 6.07) is 1.44. The maximum absolute atomic E-state index is 13.8. The molecule has 1 amide bonds. The Morgan fingerprint density at radius 2 is 1.95 bits per heavy atom. The Kier molecular flexibility index (Phi) is 3.70. The van der Waals surface area contributed by atoms with E-state index in [4.69, 9.17) is 0 Å². The Labute approximate surface area is 107 Å². The number of halogens is 2. The van der Waals surface area contributed by atoms with Crippen LogP contribution in [-0.4, -0.2) is 41.9 Å². The standard InChI is InChI=1S/C11H11F2N3O3/c12-7-1-2-8(16(18)19)10(13)9(7)11(17)15-5-3-14-4-6-15/h1-2,14H,3-6H2. The van der Waals surface area contributed by atoms with Crippen LogP contribution < -0.4 is 5.32 Å². The lowest BCUT2D eigenvalue weighted by Gasteiger charge is -2.27. The molecule has 1 aliphatic heterocycles. The minimum absolute atomic E-state index is 0.306. The monoisotopic (exact) mass is 271 g/mol. The number of piperazine rings is 1. The van der Waals surface area contributed by atoms with Crippen molar-refractivity contribution in [1.29, 1.82) is 0 Å². The lowest BCUT2D eigenvalue weighted by Crippen LogP contribution is -2.46. The minimum atomic E-state index is -1.42. The molecule has 0 radical (unpaired) electrons. The number of carbonyl (C=O) groups excluding carboxylic acids is 1. The largest absolute Gasteiger partial charge is 0.336 e. The number of hydrogen-bond acceptors (Lipinski definition) is 4. The molecule has 102 valence electrons. The van der Waals surface area contributed by atoms with E-state index < -0.39 is 33.7 Å². The molecule has 2 rings (SSSR count). The van der Waals surface area contributed by atoms with Gasteiger partial charge in [-0.2, -0.15) is 4.39 Å². The van der Waals surface area contributed by atoms with Gasteiger partial charge in [0, 0.05) is 32.2 Å². The summed E-state index contributed by atoms with van der Waals surface area (Å²) in [4.78, 5) is 22.9. The molecule has 1 aromatic rings. The highest BCUT2D eigenvalue weighted by Crippen LogP contribution is 2.24. The summed E-state index contributed by atoms with van der Waals surface area (Å²) in [6.45, 7) is 1.65. The van der Waals surface area contributed by atoms with Crippen molar-refractivity contribution < 1.29 is 18.5 Å². The summed E-state index contributed by atoms with van der Waals surface area (Å²) < 4.78 is 27.4. The molecule has 6 nitrogen and oxygen atoms in total. The van der Waals surface area contributed by atoms with Crippen LogP contribution in [0.3, 0.4) is 0 Å². The number of nitro groups is 1. The lowest BCUT2D eigenvalue weighted by atomic mass is 10.1. The van der Waals surface area contributed by atoms with Gasteiger partial charge < -0.3 is 10.2 Å². The topological polar surface area (TPSA) is 75.5 Å². The quantitative estimate of drug-likeness (QED) is 0.641. The third-order valence-electron chi connectivity index (χ3n) is 2.89. The highest BCUT2D eigenvalue weighted by atomic mass is 19.1. The maximum Gasteiger partial charge on any atom is 0.305 e. The number of benzene rings is 1. The van der Waals surface area contributed by atoms with E-state index in [1.807, 2.05) is 0 Å². The molecule has 1 heterocycles. The molecule has 0 unspecified atom stereocenters. The second kappa shape index (κ2) is 5.27. The zero-order valence-corrected chi connectivity index (χ0v) is 9.86. The van der Waals surface area contributed by atoms with Crippen LogP contribution in [0.1, 0.15) is 10.4 Å². The molecule has 1 aromatic carbocycles. The van der Waals surface area contributed by atoms with Crippen LogP contribution in [0.2, 0.25) is 0 Å². The number of nitrogens with one attached hydrogen (secondary N) is 1. The fraction of sp³-hybridized carbons (Fsp3) is 0.364. The zero-order valence-electron chi connectivity index (χ0n) is 9.86. The van der Waals surface area contributed by atoms with Gasteiger partial charge in [0.1, 0.15) is 11.4 Å². The molecule has 1 saturated heterocycles. The molecule has 19 heavy (non-hydrogen) atoms. The number of nitro benzene ring substituents is 1. The van der Waals surface area contributed by atoms with E-state index in [0.717, 1.165) is 6.07 Å². The van der Waals surface area contributed by atoms with Crippen LogP contribution in [0, 0.1) is 21.7 Å². The van der Waals surface area contributed by atoms with Gasteiger partial charge in [0.25, 0.3) is 5.91 Å². The molecule has 1 fully saturated rings. The third kappa shape index (κ3) is 2.53. The van der Waals surface area contributed by atoms with Crippen LogP contribution >= 0.6 is 0 Å². The molecule has 0 atom stereocenters.